The van der Waals surface area contributed by atoms with Crippen LogP contribution in [0.4, 0.5) is 5.95 Å². The summed E-state index contributed by atoms with van der Waals surface area (Å²) in [5.74, 6) is 1.69. The van der Waals surface area contributed by atoms with Crippen molar-refractivity contribution in [2.24, 2.45) is 0 Å². The van der Waals surface area contributed by atoms with Crippen molar-refractivity contribution >= 4 is 17.5 Å². The highest BCUT2D eigenvalue weighted by atomic mass is 35.5. The van der Waals surface area contributed by atoms with Gasteiger partial charge >= 0.3 is 0 Å². The number of H-pyrrole nitrogens is 1. The molecule has 1 unspecified atom stereocenters. The molecule has 17 heavy (non-hydrogen) atoms. The maximum atomic E-state index is 5.79. The number of rotatable bonds is 2. The first-order chi connectivity index (χ1) is 8.34. The van der Waals surface area contributed by atoms with Crippen LogP contribution in [0.15, 0.2) is 24.8 Å². The zero-order chi connectivity index (χ0) is 11.7. The highest BCUT2D eigenvalue weighted by Crippen LogP contribution is 2.32. The number of hydrogen-bond acceptors (Lipinski definition) is 4. The number of nitrogens with one attached hydrogen (secondary N) is 1. The number of aromatic amines is 1. The monoisotopic (exact) mass is 249 g/mol. The Morgan fingerprint density at radius 1 is 1.29 bits per heavy atom. The van der Waals surface area contributed by atoms with Gasteiger partial charge in [-0.1, -0.05) is 11.6 Å². The van der Waals surface area contributed by atoms with Crippen LogP contribution in [0.2, 0.25) is 5.02 Å². The van der Waals surface area contributed by atoms with Crippen LogP contribution in [0.25, 0.3) is 0 Å². The minimum absolute atomic E-state index is 0.242. The normalized spacial score (nSPS) is 19.8. The lowest BCUT2D eigenvalue weighted by molar-refractivity contribution is 0.662. The van der Waals surface area contributed by atoms with Crippen LogP contribution in [-0.4, -0.2) is 26.5 Å². The average molecular weight is 250 g/mol. The minimum atomic E-state index is 0.242. The van der Waals surface area contributed by atoms with Gasteiger partial charge in [-0.2, -0.15) is 0 Å². The zero-order valence-electron chi connectivity index (χ0n) is 9.17. The molecule has 2 aromatic rings. The predicted molar refractivity (Wildman–Crippen MR) is 65.0 cm³/mol. The van der Waals surface area contributed by atoms with Gasteiger partial charge in [0.05, 0.1) is 23.5 Å². The number of aromatic nitrogens is 4. The second-order valence-corrected chi connectivity index (χ2v) is 4.46. The molecule has 0 amide bonds. The van der Waals surface area contributed by atoms with E-state index in [9.17, 15) is 0 Å². The Hall–Kier alpha value is -1.62. The number of hydrogen-bond donors (Lipinski definition) is 1. The number of halogens is 1. The summed E-state index contributed by atoms with van der Waals surface area (Å²) in [6.07, 6.45) is 9.06. The average Bonchev–Trinajstić information content (AvgIpc) is 3.00. The van der Waals surface area contributed by atoms with Gasteiger partial charge in [-0.05, 0) is 12.8 Å². The first kappa shape index (κ1) is 10.5. The lowest BCUT2D eigenvalue weighted by Gasteiger charge is -2.22. The fourth-order valence-corrected chi connectivity index (χ4v) is 2.30. The molecule has 0 bridgehead atoms. The van der Waals surface area contributed by atoms with Crippen LogP contribution in [-0.2, 0) is 0 Å². The van der Waals surface area contributed by atoms with Gasteiger partial charge in [0.25, 0.3) is 0 Å². The highest BCUT2D eigenvalue weighted by molar-refractivity contribution is 6.30. The van der Waals surface area contributed by atoms with Gasteiger partial charge in [0, 0.05) is 18.9 Å². The molecule has 1 fully saturated rings. The summed E-state index contributed by atoms with van der Waals surface area (Å²) in [6.45, 7) is 0.951. The van der Waals surface area contributed by atoms with Gasteiger partial charge in [-0.3, -0.25) is 0 Å². The molecule has 1 saturated heterocycles. The third-order valence-corrected chi connectivity index (χ3v) is 3.15. The highest BCUT2D eigenvalue weighted by Gasteiger charge is 2.29. The molecule has 0 saturated carbocycles. The Balaban J connectivity index is 1.89. The van der Waals surface area contributed by atoms with Crippen molar-refractivity contribution in [3.8, 4) is 0 Å². The Bertz CT molecular complexity index is 481. The largest absolute Gasteiger partial charge is 0.347 e. The third-order valence-electron chi connectivity index (χ3n) is 2.95. The van der Waals surface area contributed by atoms with E-state index in [1.54, 1.807) is 18.6 Å². The van der Waals surface area contributed by atoms with Crippen molar-refractivity contribution in [2.45, 2.75) is 18.9 Å². The van der Waals surface area contributed by atoms with Crippen molar-refractivity contribution < 1.29 is 0 Å². The Morgan fingerprint density at radius 3 is 2.82 bits per heavy atom. The fraction of sp³-hybridized carbons (Fsp3) is 0.364. The SMILES string of the molecule is Clc1cnc(N2CCCC2c2ncc[nH]2)nc1. The van der Waals surface area contributed by atoms with E-state index in [4.69, 9.17) is 11.6 Å². The van der Waals surface area contributed by atoms with Gasteiger partial charge in [0.1, 0.15) is 5.82 Å². The molecule has 0 radical (unpaired) electrons. The van der Waals surface area contributed by atoms with Crippen LogP contribution in [0.3, 0.4) is 0 Å². The van der Waals surface area contributed by atoms with Crippen molar-refractivity contribution in [3.63, 3.8) is 0 Å². The lowest BCUT2D eigenvalue weighted by Crippen LogP contribution is -2.25. The van der Waals surface area contributed by atoms with Crippen LogP contribution < -0.4 is 4.90 Å². The molecule has 0 aliphatic carbocycles. The van der Waals surface area contributed by atoms with E-state index < -0.39 is 0 Å². The van der Waals surface area contributed by atoms with E-state index in [0.717, 1.165) is 25.2 Å². The van der Waals surface area contributed by atoms with E-state index >= 15 is 0 Å². The van der Waals surface area contributed by atoms with E-state index in [1.165, 1.54) is 0 Å². The number of imidazole rings is 1. The summed E-state index contributed by atoms with van der Waals surface area (Å²) in [5.41, 5.74) is 0. The lowest BCUT2D eigenvalue weighted by atomic mass is 10.2. The first-order valence-electron chi connectivity index (χ1n) is 5.58. The van der Waals surface area contributed by atoms with Crippen molar-refractivity contribution in [2.75, 3.05) is 11.4 Å². The molecule has 3 rings (SSSR count). The molecular weight excluding hydrogens is 238 g/mol. The molecule has 1 atom stereocenters. The smallest absolute Gasteiger partial charge is 0.225 e. The van der Waals surface area contributed by atoms with Crippen LogP contribution in [0.1, 0.15) is 24.7 Å². The number of anilines is 1. The minimum Gasteiger partial charge on any atom is -0.347 e. The summed E-state index contributed by atoms with van der Waals surface area (Å²) < 4.78 is 0. The van der Waals surface area contributed by atoms with E-state index in [2.05, 4.69) is 24.8 Å². The molecule has 5 nitrogen and oxygen atoms in total. The van der Waals surface area contributed by atoms with E-state index in [-0.39, 0.29) is 6.04 Å². The van der Waals surface area contributed by atoms with Gasteiger partial charge < -0.3 is 9.88 Å². The maximum Gasteiger partial charge on any atom is 0.225 e. The summed E-state index contributed by atoms with van der Waals surface area (Å²) >= 11 is 5.79. The van der Waals surface area contributed by atoms with Gasteiger partial charge in [0.2, 0.25) is 5.95 Å². The molecule has 88 valence electrons. The third kappa shape index (κ3) is 1.98. The molecular formula is C11H12ClN5. The van der Waals surface area contributed by atoms with Gasteiger partial charge in [-0.15, -0.1) is 0 Å². The molecule has 1 aliphatic rings. The maximum absolute atomic E-state index is 5.79. The molecule has 2 aromatic heterocycles. The van der Waals surface area contributed by atoms with Crippen molar-refractivity contribution in [3.05, 3.63) is 35.6 Å². The second-order valence-electron chi connectivity index (χ2n) is 4.03. The standard InChI is InChI=1S/C11H12ClN5/c12-8-6-15-11(16-7-8)17-5-1-2-9(17)10-13-3-4-14-10/h3-4,6-7,9H,1-2,5H2,(H,13,14). The van der Waals surface area contributed by atoms with Gasteiger partial charge in [0.15, 0.2) is 0 Å². The first-order valence-corrected chi connectivity index (χ1v) is 5.96. The Kier molecular flexibility index (Phi) is 2.68. The molecule has 0 spiro atoms. The second kappa shape index (κ2) is 4.33. The predicted octanol–water partition coefficient (Wildman–Crippen LogP) is 2.19. The summed E-state index contributed by atoms with van der Waals surface area (Å²) in [5, 5.41) is 0.558. The molecule has 3 heterocycles. The molecule has 0 aromatic carbocycles. The van der Waals surface area contributed by atoms with Gasteiger partial charge in [-0.25, -0.2) is 15.0 Å². The van der Waals surface area contributed by atoms with Crippen molar-refractivity contribution in [1.82, 2.24) is 19.9 Å². The van der Waals surface area contributed by atoms with E-state index in [0.29, 0.717) is 11.0 Å². The fourth-order valence-electron chi connectivity index (χ4n) is 2.20. The number of nitrogens with zero attached hydrogens (tertiary/aromatic N) is 4. The Morgan fingerprint density at radius 2 is 2.12 bits per heavy atom. The van der Waals surface area contributed by atoms with Crippen LogP contribution >= 0.6 is 11.6 Å². The summed E-state index contributed by atoms with van der Waals surface area (Å²) in [4.78, 5) is 18.2. The van der Waals surface area contributed by atoms with Crippen LogP contribution in [0, 0.1) is 0 Å². The molecule has 6 heteroatoms. The molecule has 1 N–H and O–H groups in total. The van der Waals surface area contributed by atoms with E-state index in [1.807, 2.05) is 6.20 Å². The van der Waals surface area contributed by atoms with Crippen molar-refractivity contribution in [1.29, 1.82) is 0 Å². The Labute approximate surface area is 104 Å². The quantitative estimate of drug-likeness (QED) is 0.887. The topological polar surface area (TPSA) is 57.7 Å². The summed E-state index contributed by atoms with van der Waals surface area (Å²) in [7, 11) is 0. The zero-order valence-corrected chi connectivity index (χ0v) is 9.93. The summed E-state index contributed by atoms with van der Waals surface area (Å²) in [6, 6.07) is 0.242. The molecule has 1 aliphatic heterocycles. The van der Waals surface area contributed by atoms with Crippen LogP contribution in [0.5, 0.6) is 0 Å².